The number of carbonyl (C=O) groups is 2. The number of halogens is 2. The highest BCUT2D eigenvalue weighted by Crippen LogP contribution is 2.23. The van der Waals surface area contributed by atoms with Crippen molar-refractivity contribution in [2.24, 2.45) is 0 Å². The minimum absolute atomic E-state index is 0.0935. The van der Waals surface area contributed by atoms with Gasteiger partial charge in [0, 0.05) is 22.1 Å². The van der Waals surface area contributed by atoms with Crippen LogP contribution in [-0.4, -0.2) is 50.0 Å². The molecule has 1 N–H and O–H groups in total. The second kappa shape index (κ2) is 12.2. The average molecular weight is 585 g/mol. The molecule has 1 saturated carbocycles. The van der Waals surface area contributed by atoms with Crippen LogP contribution in [0.2, 0.25) is 5.02 Å². The van der Waals surface area contributed by atoms with Crippen LogP contribution in [0.4, 0.5) is 5.69 Å². The maximum Gasteiger partial charge on any atom is 0.244 e. The van der Waals surface area contributed by atoms with E-state index >= 15 is 0 Å². The summed E-state index contributed by atoms with van der Waals surface area (Å²) in [5.41, 5.74) is 1.11. The van der Waals surface area contributed by atoms with E-state index in [1.165, 1.54) is 4.90 Å². The van der Waals surface area contributed by atoms with Gasteiger partial charge in [-0.15, -0.1) is 0 Å². The molecule has 2 aromatic rings. The largest absolute Gasteiger partial charge is 0.352 e. The molecule has 1 aliphatic carbocycles. The van der Waals surface area contributed by atoms with Crippen molar-refractivity contribution in [3.05, 3.63) is 63.6 Å². The van der Waals surface area contributed by atoms with Crippen molar-refractivity contribution in [2.45, 2.75) is 57.7 Å². The zero-order chi connectivity index (χ0) is 25.6. The lowest BCUT2D eigenvalue weighted by Gasteiger charge is -2.33. The Labute approximate surface area is 221 Å². The predicted molar refractivity (Wildman–Crippen MR) is 143 cm³/mol. The molecule has 0 saturated heterocycles. The first-order chi connectivity index (χ1) is 16.5. The molecule has 0 radical (unpaired) electrons. The van der Waals surface area contributed by atoms with Crippen molar-refractivity contribution in [1.82, 2.24) is 10.2 Å². The number of hydrogen-bond acceptors (Lipinski definition) is 4. The number of hydrogen-bond donors (Lipinski definition) is 1. The van der Waals surface area contributed by atoms with Gasteiger partial charge in [-0.25, -0.2) is 8.42 Å². The van der Waals surface area contributed by atoms with Gasteiger partial charge in [0.05, 0.1) is 11.9 Å². The van der Waals surface area contributed by atoms with Crippen LogP contribution in [-0.2, 0) is 26.2 Å². The van der Waals surface area contributed by atoms with Crippen LogP contribution in [0, 0.1) is 0 Å². The summed E-state index contributed by atoms with van der Waals surface area (Å²) in [5, 5.41) is 3.59. The second-order valence-electron chi connectivity index (χ2n) is 8.92. The first-order valence-corrected chi connectivity index (χ1v) is 14.6. The molecular weight excluding hydrogens is 554 g/mol. The number of nitrogens with zero attached hydrogens (tertiary/aromatic N) is 2. The fraction of sp³-hybridized carbons (Fsp3) is 0.440. The standard InChI is InChI=1S/C25H31BrClN3O4S/c1-18(25(32)28-22-11-4-3-5-12-22)29(16-19-8-6-10-21(27)14-19)24(31)17-30(35(2,33)34)23-13-7-9-20(26)15-23/h6-10,13-15,18,22H,3-5,11-12,16-17H2,1-2H3,(H,28,32)/t18-/m0/s1. The molecule has 1 aliphatic rings. The number of amides is 2. The van der Waals surface area contributed by atoms with Crippen LogP contribution >= 0.6 is 27.5 Å². The Morgan fingerprint density at radius 1 is 1.11 bits per heavy atom. The van der Waals surface area contributed by atoms with Crippen LogP contribution < -0.4 is 9.62 Å². The summed E-state index contributed by atoms with van der Waals surface area (Å²) < 4.78 is 27.0. The molecule has 0 unspecified atom stereocenters. The van der Waals surface area contributed by atoms with Gasteiger partial charge in [0.2, 0.25) is 21.8 Å². The van der Waals surface area contributed by atoms with Gasteiger partial charge in [0.15, 0.2) is 0 Å². The quantitative estimate of drug-likeness (QED) is 0.462. The fourth-order valence-corrected chi connectivity index (χ4v) is 5.67. The number of benzene rings is 2. The molecule has 3 rings (SSSR count). The Balaban J connectivity index is 1.87. The topological polar surface area (TPSA) is 86.8 Å². The van der Waals surface area contributed by atoms with Gasteiger partial charge in [0.25, 0.3) is 0 Å². The maximum atomic E-state index is 13.6. The summed E-state index contributed by atoms with van der Waals surface area (Å²) in [7, 11) is -3.77. The molecule has 0 aliphatic heterocycles. The first-order valence-electron chi connectivity index (χ1n) is 11.6. The summed E-state index contributed by atoms with van der Waals surface area (Å²) in [6.45, 7) is 1.36. The highest BCUT2D eigenvalue weighted by atomic mass is 79.9. The molecule has 2 amide bonds. The number of rotatable bonds is 9. The van der Waals surface area contributed by atoms with Gasteiger partial charge in [-0.3, -0.25) is 13.9 Å². The van der Waals surface area contributed by atoms with Crippen molar-refractivity contribution in [1.29, 1.82) is 0 Å². The Morgan fingerprint density at radius 2 is 1.80 bits per heavy atom. The molecule has 7 nitrogen and oxygen atoms in total. The van der Waals surface area contributed by atoms with Gasteiger partial charge in [0.1, 0.15) is 12.6 Å². The van der Waals surface area contributed by atoms with Crippen molar-refractivity contribution < 1.29 is 18.0 Å². The number of carbonyl (C=O) groups excluding carboxylic acids is 2. The zero-order valence-electron chi connectivity index (χ0n) is 19.9. The third-order valence-corrected chi connectivity index (χ3v) is 8.01. The maximum absolute atomic E-state index is 13.6. The Bertz CT molecular complexity index is 1150. The van der Waals surface area contributed by atoms with E-state index in [2.05, 4.69) is 21.2 Å². The Morgan fingerprint density at radius 3 is 2.43 bits per heavy atom. The third-order valence-electron chi connectivity index (χ3n) is 6.14. The van der Waals surface area contributed by atoms with Gasteiger partial charge < -0.3 is 10.2 Å². The Hall–Kier alpha value is -2.10. The molecule has 0 bridgehead atoms. The minimum Gasteiger partial charge on any atom is -0.352 e. The van der Waals surface area contributed by atoms with Gasteiger partial charge in [-0.1, -0.05) is 65.0 Å². The van der Waals surface area contributed by atoms with Crippen LogP contribution in [0.1, 0.15) is 44.6 Å². The van der Waals surface area contributed by atoms with Crippen molar-refractivity contribution in [3.8, 4) is 0 Å². The summed E-state index contributed by atoms with van der Waals surface area (Å²) in [4.78, 5) is 28.1. The van der Waals surface area contributed by atoms with E-state index in [1.54, 1.807) is 49.4 Å². The highest BCUT2D eigenvalue weighted by Gasteiger charge is 2.31. The van der Waals surface area contributed by atoms with Gasteiger partial charge >= 0.3 is 0 Å². The van der Waals surface area contributed by atoms with E-state index in [0.29, 0.717) is 15.2 Å². The van der Waals surface area contributed by atoms with E-state index in [4.69, 9.17) is 11.6 Å². The van der Waals surface area contributed by atoms with Crippen molar-refractivity contribution in [3.63, 3.8) is 0 Å². The summed E-state index contributed by atoms with van der Waals surface area (Å²) in [6, 6.07) is 13.1. The summed E-state index contributed by atoms with van der Waals surface area (Å²) in [6.07, 6.45) is 6.21. The molecule has 35 heavy (non-hydrogen) atoms. The van der Waals surface area contributed by atoms with Crippen LogP contribution in [0.25, 0.3) is 0 Å². The zero-order valence-corrected chi connectivity index (χ0v) is 23.1. The van der Waals surface area contributed by atoms with E-state index < -0.39 is 28.5 Å². The van der Waals surface area contributed by atoms with E-state index in [-0.39, 0.29) is 18.5 Å². The lowest BCUT2D eigenvalue weighted by molar-refractivity contribution is -0.139. The number of sulfonamides is 1. The van der Waals surface area contributed by atoms with Crippen LogP contribution in [0.15, 0.2) is 53.0 Å². The van der Waals surface area contributed by atoms with Crippen molar-refractivity contribution in [2.75, 3.05) is 17.1 Å². The predicted octanol–water partition coefficient (Wildman–Crippen LogP) is 4.73. The smallest absolute Gasteiger partial charge is 0.244 e. The van der Waals surface area contributed by atoms with Crippen molar-refractivity contribution >= 4 is 55.1 Å². The normalized spacial score (nSPS) is 15.3. The molecule has 0 aromatic heterocycles. The summed E-state index contributed by atoms with van der Waals surface area (Å²) >= 11 is 9.49. The first kappa shape index (κ1) is 27.5. The lowest BCUT2D eigenvalue weighted by atomic mass is 9.95. The molecule has 1 fully saturated rings. The van der Waals surface area contributed by atoms with E-state index in [1.807, 2.05) is 6.07 Å². The molecule has 190 valence electrons. The third kappa shape index (κ3) is 7.95. The molecule has 0 heterocycles. The summed E-state index contributed by atoms with van der Waals surface area (Å²) in [5.74, 6) is -0.734. The van der Waals surface area contributed by atoms with Gasteiger partial charge in [-0.2, -0.15) is 0 Å². The molecule has 2 aromatic carbocycles. The molecule has 10 heteroatoms. The van der Waals surface area contributed by atoms with E-state index in [9.17, 15) is 18.0 Å². The van der Waals surface area contributed by atoms with Gasteiger partial charge in [-0.05, 0) is 55.7 Å². The monoisotopic (exact) mass is 583 g/mol. The fourth-order valence-electron chi connectivity index (χ4n) is 4.23. The highest BCUT2D eigenvalue weighted by molar-refractivity contribution is 9.10. The number of nitrogens with one attached hydrogen (secondary N) is 1. The van der Waals surface area contributed by atoms with Crippen LogP contribution in [0.5, 0.6) is 0 Å². The minimum atomic E-state index is -3.77. The number of anilines is 1. The second-order valence-corrected chi connectivity index (χ2v) is 12.2. The SMILES string of the molecule is C[C@@H](C(=O)NC1CCCCC1)N(Cc1cccc(Cl)c1)C(=O)CN(c1cccc(Br)c1)S(C)(=O)=O. The molecule has 1 atom stereocenters. The van der Waals surface area contributed by atoms with E-state index in [0.717, 1.165) is 48.2 Å². The molecule has 0 spiro atoms. The van der Waals surface area contributed by atoms with Crippen LogP contribution in [0.3, 0.4) is 0 Å². The Kier molecular flexibility index (Phi) is 9.61. The molecular formula is C25H31BrClN3O4S. The lowest BCUT2D eigenvalue weighted by Crippen LogP contribution is -2.52. The average Bonchev–Trinajstić information content (AvgIpc) is 2.80.